The molecule has 0 amide bonds. The largest absolute Gasteiger partial charge is 0.497 e. The van der Waals surface area contributed by atoms with Crippen molar-refractivity contribution in [3.05, 3.63) is 54.6 Å². The predicted octanol–water partition coefficient (Wildman–Crippen LogP) is 1.41. The molecule has 0 saturated carbocycles. The van der Waals surface area contributed by atoms with E-state index < -0.39 is 16.1 Å². The van der Waals surface area contributed by atoms with Gasteiger partial charge in [0.1, 0.15) is 24.2 Å². The smallest absolute Gasteiger partial charge is 0.240 e. The molecule has 2 rings (SSSR count). The van der Waals surface area contributed by atoms with Crippen LogP contribution in [0.4, 0.5) is 0 Å². The zero-order chi connectivity index (χ0) is 16.7. The number of rotatable bonds is 8. The standard InChI is InChI=1S/C16H19NO5S/c1-21-14-7-9-15(10-8-14)22-12-13(18)11-17-23(19,20)16-5-3-2-4-6-16/h2-10,13,17-18H,11-12H2,1H3/t13-/m1/s1. The second-order valence-corrected chi connectivity index (χ2v) is 6.57. The summed E-state index contributed by atoms with van der Waals surface area (Å²) >= 11 is 0. The Labute approximate surface area is 135 Å². The zero-order valence-electron chi connectivity index (χ0n) is 12.7. The maximum atomic E-state index is 12.0. The Bertz CT molecular complexity index is 701. The summed E-state index contributed by atoms with van der Waals surface area (Å²) < 4.78 is 36.8. The Morgan fingerprint density at radius 2 is 1.65 bits per heavy atom. The molecule has 0 radical (unpaired) electrons. The van der Waals surface area contributed by atoms with Gasteiger partial charge in [-0.25, -0.2) is 13.1 Å². The SMILES string of the molecule is COc1ccc(OC[C@H](O)CNS(=O)(=O)c2ccccc2)cc1. The van der Waals surface area contributed by atoms with Gasteiger partial charge in [0.15, 0.2) is 0 Å². The van der Waals surface area contributed by atoms with Gasteiger partial charge < -0.3 is 14.6 Å². The van der Waals surface area contributed by atoms with Crippen LogP contribution in [-0.2, 0) is 10.0 Å². The first-order valence-corrected chi connectivity index (χ1v) is 8.49. The van der Waals surface area contributed by atoms with E-state index in [1.807, 2.05) is 0 Å². The summed E-state index contributed by atoms with van der Waals surface area (Å²) in [5.41, 5.74) is 0. The highest BCUT2D eigenvalue weighted by atomic mass is 32.2. The van der Waals surface area contributed by atoms with Gasteiger partial charge in [-0.05, 0) is 36.4 Å². The van der Waals surface area contributed by atoms with Crippen molar-refractivity contribution in [1.82, 2.24) is 4.72 Å². The second kappa shape index (κ2) is 7.96. The highest BCUT2D eigenvalue weighted by Gasteiger charge is 2.15. The van der Waals surface area contributed by atoms with Crippen LogP contribution in [-0.4, -0.2) is 39.9 Å². The molecule has 7 heteroatoms. The fourth-order valence-corrected chi connectivity index (χ4v) is 2.91. The lowest BCUT2D eigenvalue weighted by atomic mass is 10.3. The van der Waals surface area contributed by atoms with Crippen molar-refractivity contribution in [3.63, 3.8) is 0 Å². The van der Waals surface area contributed by atoms with Crippen LogP contribution in [0.25, 0.3) is 0 Å². The molecule has 23 heavy (non-hydrogen) atoms. The first kappa shape index (κ1) is 17.3. The molecule has 0 aliphatic carbocycles. The molecule has 2 aromatic rings. The molecule has 0 unspecified atom stereocenters. The molecule has 6 nitrogen and oxygen atoms in total. The fourth-order valence-electron chi connectivity index (χ4n) is 1.81. The second-order valence-electron chi connectivity index (χ2n) is 4.81. The molecule has 124 valence electrons. The van der Waals surface area contributed by atoms with Crippen LogP contribution in [0.2, 0.25) is 0 Å². The normalized spacial score (nSPS) is 12.6. The molecule has 0 spiro atoms. The molecular formula is C16H19NO5S. The van der Waals surface area contributed by atoms with Gasteiger partial charge in [0, 0.05) is 6.54 Å². The molecule has 0 aromatic heterocycles. The number of hydrogen-bond donors (Lipinski definition) is 2. The van der Waals surface area contributed by atoms with Gasteiger partial charge in [-0.2, -0.15) is 0 Å². The Hall–Kier alpha value is -2.09. The number of sulfonamides is 1. The van der Waals surface area contributed by atoms with E-state index in [1.165, 1.54) is 12.1 Å². The lowest BCUT2D eigenvalue weighted by Crippen LogP contribution is -2.35. The number of benzene rings is 2. The summed E-state index contributed by atoms with van der Waals surface area (Å²) in [5.74, 6) is 1.27. The molecule has 0 saturated heterocycles. The van der Waals surface area contributed by atoms with Gasteiger partial charge in [-0.15, -0.1) is 0 Å². The lowest BCUT2D eigenvalue weighted by molar-refractivity contribution is 0.111. The summed E-state index contributed by atoms with van der Waals surface area (Å²) in [4.78, 5) is 0.156. The Morgan fingerprint density at radius 1 is 1.04 bits per heavy atom. The molecule has 0 fully saturated rings. The van der Waals surface area contributed by atoms with Crippen molar-refractivity contribution in [3.8, 4) is 11.5 Å². The Kier molecular flexibility index (Phi) is 5.97. The van der Waals surface area contributed by atoms with E-state index in [1.54, 1.807) is 49.6 Å². The first-order valence-electron chi connectivity index (χ1n) is 7.01. The summed E-state index contributed by atoms with van der Waals surface area (Å²) in [6.45, 7) is -0.156. The maximum Gasteiger partial charge on any atom is 0.240 e. The van der Waals surface area contributed by atoms with Crippen molar-refractivity contribution < 1.29 is 23.0 Å². The van der Waals surface area contributed by atoms with Gasteiger partial charge in [-0.3, -0.25) is 0 Å². The number of hydrogen-bond acceptors (Lipinski definition) is 5. The number of aliphatic hydroxyl groups is 1. The minimum Gasteiger partial charge on any atom is -0.497 e. The monoisotopic (exact) mass is 337 g/mol. The van der Waals surface area contributed by atoms with E-state index in [0.29, 0.717) is 11.5 Å². The van der Waals surface area contributed by atoms with Gasteiger partial charge in [0.05, 0.1) is 12.0 Å². The summed E-state index contributed by atoms with van der Waals surface area (Å²) in [6.07, 6.45) is -0.962. The van der Waals surface area contributed by atoms with E-state index in [-0.39, 0.29) is 18.0 Å². The Morgan fingerprint density at radius 3 is 2.26 bits per heavy atom. The summed E-state index contributed by atoms with van der Waals surface area (Å²) in [7, 11) is -2.06. The van der Waals surface area contributed by atoms with E-state index in [4.69, 9.17) is 9.47 Å². The zero-order valence-corrected chi connectivity index (χ0v) is 13.5. The molecule has 2 N–H and O–H groups in total. The highest BCUT2D eigenvalue weighted by Crippen LogP contribution is 2.17. The maximum absolute atomic E-state index is 12.0. The summed E-state index contributed by atoms with van der Waals surface area (Å²) in [5, 5.41) is 9.84. The van der Waals surface area contributed by atoms with Crippen molar-refractivity contribution in [2.75, 3.05) is 20.3 Å². The van der Waals surface area contributed by atoms with Crippen LogP contribution in [0.1, 0.15) is 0 Å². The molecule has 1 atom stereocenters. The predicted molar refractivity (Wildman–Crippen MR) is 86.1 cm³/mol. The quantitative estimate of drug-likeness (QED) is 0.761. The van der Waals surface area contributed by atoms with Crippen molar-refractivity contribution >= 4 is 10.0 Å². The third-order valence-electron chi connectivity index (χ3n) is 3.06. The molecule has 0 aliphatic heterocycles. The van der Waals surface area contributed by atoms with Crippen LogP contribution in [0.15, 0.2) is 59.5 Å². The van der Waals surface area contributed by atoms with Crippen LogP contribution < -0.4 is 14.2 Å². The molecular weight excluding hydrogens is 318 g/mol. The fraction of sp³-hybridized carbons (Fsp3) is 0.250. The molecule has 2 aromatic carbocycles. The van der Waals surface area contributed by atoms with E-state index in [9.17, 15) is 13.5 Å². The number of nitrogens with one attached hydrogen (secondary N) is 1. The van der Waals surface area contributed by atoms with Gasteiger partial charge in [0.25, 0.3) is 0 Å². The van der Waals surface area contributed by atoms with Crippen molar-refractivity contribution in [2.24, 2.45) is 0 Å². The Balaban J connectivity index is 1.81. The highest BCUT2D eigenvalue weighted by molar-refractivity contribution is 7.89. The number of methoxy groups -OCH3 is 1. The topological polar surface area (TPSA) is 84.9 Å². The minimum absolute atomic E-state index is 0.0242. The van der Waals surface area contributed by atoms with Crippen LogP contribution in [0.3, 0.4) is 0 Å². The van der Waals surface area contributed by atoms with E-state index in [2.05, 4.69) is 4.72 Å². The van der Waals surface area contributed by atoms with Gasteiger partial charge >= 0.3 is 0 Å². The van der Waals surface area contributed by atoms with Crippen molar-refractivity contribution in [1.29, 1.82) is 0 Å². The van der Waals surface area contributed by atoms with Crippen molar-refractivity contribution in [2.45, 2.75) is 11.0 Å². The van der Waals surface area contributed by atoms with Gasteiger partial charge in [0.2, 0.25) is 10.0 Å². The first-order chi connectivity index (χ1) is 11.0. The average Bonchev–Trinajstić information content (AvgIpc) is 2.59. The molecule has 0 bridgehead atoms. The third kappa shape index (κ3) is 5.24. The van der Waals surface area contributed by atoms with E-state index in [0.717, 1.165) is 0 Å². The third-order valence-corrected chi connectivity index (χ3v) is 4.50. The number of aliphatic hydroxyl groups excluding tert-OH is 1. The van der Waals surface area contributed by atoms with Crippen LogP contribution in [0.5, 0.6) is 11.5 Å². The van der Waals surface area contributed by atoms with Gasteiger partial charge in [-0.1, -0.05) is 18.2 Å². The molecule has 0 heterocycles. The van der Waals surface area contributed by atoms with Crippen LogP contribution in [0, 0.1) is 0 Å². The summed E-state index contributed by atoms with van der Waals surface area (Å²) in [6, 6.07) is 14.9. The minimum atomic E-state index is -3.63. The number of ether oxygens (including phenoxy) is 2. The lowest BCUT2D eigenvalue weighted by Gasteiger charge is -2.14. The molecule has 0 aliphatic rings. The van der Waals surface area contributed by atoms with E-state index >= 15 is 0 Å². The van der Waals surface area contributed by atoms with Crippen LogP contribution >= 0.6 is 0 Å². The average molecular weight is 337 g/mol.